The van der Waals surface area contributed by atoms with Crippen LogP contribution in [-0.4, -0.2) is 35.6 Å². The zero-order valence-electron chi connectivity index (χ0n) is 17.8. The molecule has 0 radical (unpaired) electrons. The number of aromatic nitrogens is 1. The Morgan fingerprint density at radius 2 is 1.77 bits per heavy atom. The molecular weight excluding hydrogens is 489 g/mol. The predicted molar refractivity (Wildman–Crippen MR) is 133 cm³/mol. The van der Waals surface area contributed by atoms with E-state index in [0.717, 1.165) is 44.4 Å². The summed E-state index contributed by atoms with van der Waals surface area (Å²) in [5.74, 6) is 1.82. The molecule has 0 atom stereocenters. The van der Waals surface area contributed by atoms with Crippen LogP contribution in [0.2, 0.25) is 0 Å². The van der Waals surface area contributed by atoms with Gasteiger partial charge in [0, 0.05) is 38.6 Å². The molecule has 0 aliphatic heterocycles. The summed E-state index contributed by atoms with van der Waals surface area (Å²) in [7, 11) is 2.11. The maximum atomic E-state index is 5.46. The molecule has 7 heteroatoms. The lowest BCUT2D eigenvalue weighted by molar-refractivity contribution is 0.287. The Kier molecular flexibility index (Phi) is 10.5. The van der Waals surface area contributed by atoms with Gasteiger partial charge in [-0.05, 0) is 49.4 Å². The van der Waals surface area contributed by atoms with Crippen molar-refractivity contribution < 1.29 is 4.42 Å². The van der Waals surface area contributed by atoms with Crippen LogP contribution in [-0.2, 0) is 26.2 Å². The molecule has 3 rings (SSSR count). The third kappa shape index (κ3) is 7.87. The van der Waals surface area contributed by atoms with Gasteiger partial charge in [-0.2, -0.15) is 0 Å². The van der Waals surface area contributed by atoms with Crippen molar-refractivity contribution in [2.75, 3.05) is 20.1 Å². The average molecular weight is 521 g/mol. The Balaban J connectivity index is 0.00000320. The number of hydrogen-bond acceptors (Lipinski definition) is 3. The van der Waals surface area contributed by atoms with Crippen LogP contribution in [0.3, 0.4) is 0 Å². The van der Waals surface area contributed by atoms with Crippen LogP contribution in [0.1, 0.15) is 23.8 Å². The minimum absolute atomic E-state index is 0. The smallest absolute Gasteiger partial charge is 0.191 e. The van der Waals surface area contributed by atoms with Crippen LogP contribution in [0.15, 0.2) is 76.6 Å². The lowest BCUT2D eigenvalue weighted by Gasteiger charge is -2.18. The summed E-state index contributed by atoms with van der Waals surface area (Å²) in [5.41, 5.74) is 2.52. The normalized spacial score (nSPS) is 11.4. The highest BCUT2D eigenvalue weighted by molar-refractivity contribution is 14.0. The van der Waals surface area contributed by atoms with Crippen LogP contribution < -0.4 is 10.6 Å². The van der Waals surface area contributed by atoms with Crippen molar-refractivity contribution in [1.82, 2.24) is 20.1 Å². The standard InChI is InChI=1S/C23H31N5O.HI/c1-3-24-23(25-12-15-28-13-6-7-14-28)26-17-20-9-4-5-10-21(20)18-27(2)19-22-11-8-16-29-22;/h4-11,13-14,16H,3,12,15,17-19H2,1-2H3,(H2,24,25,26);1H. The van der Waals surface area contributed by atoms with Crippen LogP contribution in [0.5, 0.6) is 0 Å². The van der Waals surface area contributed by atoms with E-state index >= 15 is 0 Å². The van der Waals surface area contributed by atoms with E-state index in [1.54, 1.807) is 6.26 Å². The molecule has 30 heavy (non-hydrogen) atoms. The van der Waals surface area contributed by atoms with E-state index < -0.39 is 0 Å². The van der Waals surface area contributed by atoms with Gasteiger partial charge in [0.05, 0.1) is 19.4 Å². The first-order valence-electron chi connectivity index (χ1n) is 10.1. The number of rotatable bonds is 10. The minimum Gasteiger partial charge on any atom is -0.468 e. The van der Waals surface area contributed by atoms with Gasteiger partial charge in [-0.15, -0.1) is 24.0 Å². The molecule has 0 amide bonds. The number of halogens is 1. The summed E-state index contributed by atoms with van der Waals surface area (Å²) >= 11 is 0. The summed E-state index contributed by atoms with van der Waals surface area (Å²) in [6, 6.07) is 16.5. The number of nitrogens with one attached hydrogen (secondary N) is 2. The Bertz CT molecular complexity index is 862. The first-order valence-corrected chi connectivity index (χ1v) is 10.1. The first-order chi connectivity index (χ1) is 14.2. The number of guanidine groups is 1. The summed E-state index contributed by atoms with van der Waals surface area (Å²) < 4.78 is 7.61. The Labute approximate surface area is 196 Å². The zero-order chi connectivity index (χ0) is 20.3. The van der Waals surface area contributed by atoms with Gasteiger partial charge in [-0.25, -0.2) is 4.99 Å². The summed E-state index contributed by atoms with van der Waals surface area (Å²) in [6.45, 7) is 6.94. The van der Waals surface area contributed by atoms with E-state index in [2.05, 4.69) is 70.7 Å². The van der Waals surface area contributed by atoms with Gasteiger partial charge in [0.1, 0.15) is 5.76 Å². The quantitative estimate of drug-likeness (QED) is 0.240. The van der Waals surface area contributed by atoms with E-state index in [1.165, 1.54) is 11.1 Å². The molecular formula is C23H32IN5O. The van der Waals surface area contributed by atoms with Crippen molar-refractivity contribution in [3.8, 4) is 0 Å². The molecule has 2 heterocycles. The second-order valence-corrected chi connectivity index (χ2v) is 7.06. The second kappa shape index (κ2) is 13.1. The maximum absolute atomic E-state index is 5.46. The third-order valence-corrected chi connectivity index (χ3v) is 4.64. The summed E-state index contributed by atoms with van der Waals surface area (Å²) in [6.07, 6.45) is 5.86. The fourth-order valence-electron chi connectivity index (χ4n) is 3.21. The zero-order valence-corrected chi connectivity index (χ0v) is 20.1. The number of nitrogens with zero attached hydrogens (tertiary/aromatic N) is 3. The van der Waals surface area contributed by atoms with Crippen molar-refractivity contribution in [2.24, 2.45) is 4.99 Å². The highest BCUT2D eigenvalue weighted by atomic mass is 127. The SMILES string of the molecule is CCNC(=NCc1ccccc1CN(C)Cc1ccco1)NCCn1cccc1.I. The largest absolute Gasteiger partial charge is 0.468 e. The maximum Gasteiger partial charge on any atom is 0.191 e. The predicted octanol–water partition coefficient (Wildman–Crippen LogP) is 4.09. The molecule has 6 nitrogen and oxygen atoms in total. The summed E-state index contributed by atoms with van der Waals surface area (Å²) in [4.78, 5) is 7.05. The topological polar surface area (TPSA) is 57.7 Å². The molecule has 0 fully saturated rings. The molecule has 0 aliphatic carbocycles. The summed E-state index contributed by atoms with van der Waals surface area (Å²) in [5, 5.41) is 6.74. The van der Waals surface area contributed by atoms with Crippen LogP contribution in [0.4, 0.5) is 0 Å². The molecule has 2 aromatic heterocycles. The molecule has 0 aliphatic rings. The number of furan rings is 1. The number of aliphatic imine (C=N–C) groups is 1. The van der Waals surface area contributed by atoms with E-state index in [0.29, 0.717) is 6.54 Å². The van der Waals surface area contributed by atoms with Crippen molar-refractivity contribution in [1.29, 1.82) is 0 Å². The molecule has 162 valence electrons. The molecule has 3 aromatic rings. The van der Waals surface area contributed by atoms with Gasteiger partial charge in [0.15, 0.2) is 5.96 Å². The molecule has 0 spiro atoms. The van der Waals surface area contributed by atoms with E-state index in [-0.39, 0.29) is 24.0 Å². The van der Waals surface area contributed by atoms with Gasteiger partial charge >= 0.3 is 0 Å². The van der Waals surface area contributed by atoms with Crippen molar-refractivity contribution in [2.45, 2.75) is 33.1 Å². The molecule has 2 N–H and O–H groups in total. The van der Waals surface area contributed by atoms with Gasteiger partial charge in [-0.1, -0.05) is 24.3 Å². The lowest BCUT2D eigenvalue weighted by Crippen LogP contribution is -2.38. The van der Waals surface area contributed by atoms with Gasteiger partial charge < -0.3 is 19.6 Å². The lowest BCUT2D eigenvalue weighted by atomic mass is 10.1. The molecule has 0 saturated carbocycles. The van der Waals surface area contributed by atoms with E-state index in [4.69, 9.17) is 9.41 Å². The minimum atomic E-state index is 0. The highest BCUT2D eigenvalue weighted by Crippen LogP contribution is 2.14. The number of benzene rings is 1. The Morgan fingerprint density at radius 1 is 1.00 bits per heavy atom. The fraction of sp³-hybridized carbons (Fsp3) is 0.348. The van der Waals surface area contributed by atoms with Crippen molar-refractivity contribution in [3.05, 3.63) is 84.1 Å². The van der Waals surface area contributed by atoms with Gasteiger partial charge in [0.25, 0.3) is 0 Å². The second-order valence-electron chi connectivity index (χ2n) is 7.06. The first kappa shape index (κ1) is 24.0. The van der Waals surface area contributed by atoms with Gasteiger partial charge in [-0.3, -0.25) is 4.90 Å². The molecule has 1 aromatic carbocycles. The van der Waals surface area contributed by atoms with Crippen molar-refractivity contribution in [3.63, 3.8) is 0 Å². The Morgan fingerprint density at radius 3 is 2.47 bits per heavy atom. The number of hydrogen-bond donors (Lipinski definition) is 2. The third-order valence-electron chi connectivity index (χ3n) is 4.64. The Hall–Kier alpha value is -2.26. The van der Waals surface area contributed by atoms with Crippen molar-refractivity contribution >= 4 is 29.9 Å². The van der Waals surface area contributed by atoms with E-state index in [1.807, 2.05) is 24.3 Å². The highest BCUT2D eigenvalue weighted by Gasteiger charge is 2.08. The average Bonchev–Trinajstić information content (AvgIpc) is 3.41. The molecule has 0 unspecified atom stereocenters. The van der Waals surface area contributed by atoms with E-state index in [9.17, 15) is 0 Å². The van der Waals surface area contributed by atoms with Crippen LogP contribution in [0, 0.1) is 0 Å². The fourth-order valence-corrected chi connectivity index (χ4v) is 3.21. The van der Waals surface area contributed by atoms with Crippen LogP contribution >= 0.6 is 24.0 Å². The molecule has 0 saturated heterocycles. The van der Waals surface area contributed by atoms with Gasteiger partial charge in [0.2, 0.25) is 0 Å². The monoisotopic (exact) mass is 521 g/mol. The molecule has 0 bridgehead atoms. The van der Waals surface area contributed by atoms with Crippen LogP contribution in [0.25, 0.3) is 0 Å².